The predicted molar refractivity (Wildman–Crippen MR) is 236 cm³/mol. The number of phosphoric ester groups is 1. The second-order valence-electron chi connectivity index (χ2n) is 13.9. The number of carboxylic acids is 1. The third kappa shape index (κ3) is 39.6. The molecule has 0 radical (unpaired) electrons. The molecular weight excluding hydrogens is 773 g/mol. The normalized spacial score (nSPS) is 15.2. The number of carbonyl (C=O) groups excluding carboxylic acids is 2. The Bertz CT molecular complexity index is 1380. The zero-order valence-electron chi connectivity index (χ0n) is 35.7. The Morgan fingerprint density at radius 1 is 0.627 bits per heavy atom. The van der Waals surface area contributed by atoms with Gasteiger partial charge in [-0.3, -0.25) is 23.4 Å². The van der Waals surface area contributed by atoms with Crippen LogP contribution in [0.1, 0.15) is 136 Å². The molecule has 2 unspecified atom stereocenters. The SMILES string of the molecule is CC/C=C\C(O)C/C=C/C=C\C/C=C\C/C=C\CCCC(=O)O[C@H](COC(=O)CCC/C=C\C/C=C\C/C=C\CCCCCCCC)COP(=O)(O)OC[C@H](N)C(=O)O. The molecule has 59 heavy (non-hydrogen) atoms. The maximum absolute atomic E-state index is 12.6. The first-order valence-corrected chi connectivity index (χ1v) is 22.9. The van der Waals surface area contributed by atoms with Gasteiger partial charge < -0.3 is 30.3 Å². The van der Waals surface area contributed by atoms with E-state index in [1.165, 1.54) is 38.5 Å². The topological polar surface area (TPSA) is 192 Å². The van der Waals surface area contributed by atoms with Gasteiger partial charge in [0.25, 0.3) is 0 Å². The summed E-state index contributed by atoms with van der Waals surface area (Å²) >= 11 is 0. The van der Waals surface area contributed by atoms with Crippen LogP contribution in [-0.2, 0) is 37.5 Å². The largest absolute Gasteiger partial charge is 0.480 e. The molecule has 0 aliphatic heterocycles. The first-order valence-electron chi connectivity index (χ1n) is 21.4. The van der Waals surface area contributed by atoms with Crippen molar-refractivity contribution < 1.29 is 52.6 Å². The predicted octanol–water partition coefficient (Wildman–Crippen LogP) is 10.2. The van der Waals surface area contributed by atoms with E-state index in [9.17, 15) is 28.9 Å². The van der Waals surface area contributed by atoms with Gasteiger partial charge >= 0.3 is 25.7 Å². The number of aliphatic carboxylic acids is 1. The van der Waals surface area contributed by atoms with Crippen LogP contribution >= 0.6 is 7.82 Å². The molecule has 334 valence electrons. The molecule has 0 aromatic rings. The first-order chi connectivity index (χ1) is 28.5. The van der Waals surface area contributed by atoms with Crippen LogP contribution in [0, 0.1) is 0 Å². The number of carbonyl (C=O) groups is 3. The molecule has 0 amide bonds. The molecule has 0 aromatic carbocycles. The fraction of sp³-hybridized carbons (Fsp3) is 0.587. The second-order valence-corrected chi connectivity index (χ2v) is 15.4. The van der Waals surface area contributed by atoms with Crippen LogP contribution in [0.4, 0.5) is 0 Å². The van der Waals surface area contributed by atoms with Crippen molar-refractivity contribution in [2.24, 2.45) is 5.73 Å². The fourth-order valence-corrected chi connectivity index (χ4v) is 5.80. The summed E-state index contributed by atoms with van der Waals surface area (Å²) in [4.78, 5) is 45.9. The summed E-state index contributed by atoms with van der Waals surface area (Å²) in [6.45, 7) is 2.42. The number of aliphatic hydroxyl groups excluding tert-OH is 1. The van der Waals surface area contributed by atoms with Gasteiger partial charge in [0.1, 0.15) is 12.6 Å². The molecule has 0 saturated carbocycles. The van der Waals surface area contributed by atoms with E-state index in [2.05, 4.69) is 35.8 Å². The molecule has 0 aliphatic rings. The summed E-state index contributed by atoms with van der Waals surface area (Å²) in [7, 11) is -4.76. The quantitative estimate of drug-likeness (QED) is 0.0151. The van der Waals surface area contributed by atoms with Crippen LogP contribution in [0.25, 0.3) is 0 Å². The molecule has 0 fully saturated rings. The summed E-state index contributed by atoms with van der Waals surface area (Å²) in [6.07, 6.45) is 46.9. The van der Waals surface area contributed by atoms with E-state index in [1.807, 2.05) is 73.8 Å². The first kappa shape index (κ1) is 55.4. The van der Waals surface area contributed by atoms with E-state index < -0.39 is 63.8 Å². The lowest BCUT2D eigenvalue weighted by atomic mass is 10.1. The molecule has 0 aliphatic carbocycles. The van der Waals surface area contributed by atoms with Crippen molar-refractivity contribution in [1.29, 1.82) is 0 Å². The van der Waals surface area contributed by atoms with Crippen LogP contribution in [-0.4, -0.2) is 71.1 Å². The zero-order chi connectivity index (χ0) is 43.7. The summed E-state index contributed by atoms with van der Waals surface area (Å²) in [5, 5.41) is 18.6. The minimum Gasteiger partial charge on any atom is -0.480 e. The van der Waals surface area contributed by atoms with Crippen LogP contribution in [0.5, 0.6) is 0 Å². The van der Waals surface area contributed by atoms with Crippen molar-refractivity contribution in [3.63, 3.8) is 0 Å². The lowest BCUT2D eigenvalue weighted by Crippen LogP contribution is -2.34. The van der Waals surface area contributed by atoms with Crippen LogP contribution < -0.4 is 5.73 Å². The highest BCUT2D eigenvalue weighted by Crippen LogP contribution is 2.43. The van der Waals surface area contributed by atoms with E-state index in [1.54, 1.807) is 6.08 Å². The van der Waals surface area contributed by atoms with Gasteiger partial charge in [-0.25, -0.2) is 4.57 Å². The fourth-order valence-electron chi connectivity index (χ4n) is 5.02. The number of rotatable bonds is 38. The van der Waals surface area contributed by atoms with Crippen molar-refractivity contribution in [3.05, 3.63) is 97.2 Å². The van der Waals surface area contributed by atoms with Gasteiger partial charge in [0.15, 0.2) is 6.10 Å². The minimum absolute atomic E-state index is 0.0487. The Labute approximate surface area is 354 Å². The lowest BCUT2D eigenvalue weighted by Gasteiger charge is -2.20. The van der Waals surface area contributed by atoms with Crippen LogP contribution in [0.15, 0.2) is 97.2 Å². The van der Waals surface area contributed by atoms with Gasteiger partial charge in [-0.1, -0.05) is 143 Å². The van der Waals surface area contributed by atoms with Crippen molar-refractivity contribution in [3.8, 4) is 0 Å². The minimum atomic E-state index is -4.76. The number of phosphoric acid groups is 1. The maximum atomic E-state index is 12.6. The second kappa shape index (κ2) is 39.8. The number of allylic oxidation sites excluding steroid dienone is 14. The number of ether oxygens (including phenoxy) is 2. The Kier molecular flexibility index (Phi) is 37.3. The summed E-state index contributed by atoms with van der Waals surface area (Å²) < 4.78 is 32.5. The van der Waals surface area contributed by atoms with E-state index in [0.717, 1.165) is 38.5 Å². The van der Waals surface area contributed by atoms with E-state index in [4.69, 9.17) is 24.8 Å². The molecule has 0 bridgehead atoms. The molecule has 0 saturated heterocycles. The molecule has 0 aromatic heterocycles. The third-order valence-corrected chi connectivity index (χ3v) is 9.34. The molecule has 0 rings (SSSR count). The van der Waals surface area contributed by atoms with Crippen molar-refractivity contribution in [1.82, 2.24) is 0 Å². The van der Waals surface area contributed by atoms with Crippen LogP contribution in [0.3, 0.4) is 0 Å². The number of unbranched alkanes of at least 4 members (excludes halogenated alkanes) is 8. The number of aliphatic hydroxyl groups is 1. The Morgan fingerprint density at radius 2 is 1.14 bits per heavy atom. The highest BCUT2D eigenvalue weighted by atomic mass is 31.2. The number of nitrogens with two attached hydrogens (primary N) is 1. The van der Waals surface area contributed by atoms with Gasteiger partial charge in [-0.05, 0) is 77.0 Å². The summed E-state index contributed by atoms with van der Waals surface area (Å²) in [6, 6.07) is -1.55. The molecular formula is C46H74NO11P. The van der Waals surface area contributed by atoms with E-state index in [0.29, 0.717) is 32.1 Å². The maximum Gasteiger partial charge on any atom is 0.472 e. The average Bonchev–Trinajstić information content (AvgIpc) is 3.21. The van der Waals surface area contributed by atoms with E-state index in [-0.39, 0.29) is 12.8 Å². The number of esters is 2. The highest BCUT2D eigenvalue weighted by Gasteiger charge is 2.28. The van der Waals surface area contributed by atoms with Gasteiger partial charge in [0.05, 0.1) is 19.3 Å². The molecule has 12 nitrogen and oxygen atoms in total. The highest BCUT2D eigenvalue weighted by molar-refractivity contribution is 7.47. The number of carboxylic acid groups (broad SMARTS) is 1. The number of hydrogen-bond acceptors (Lipinski definition) is 10. The monoisotopic (exact) mass is 847 g/mol. The van der Waals surface area contributed by atoms with Crippen molar-refractivity contribution >= 4 is 25.7 Å². The molecule has 13 heteroatoms. The molecule has 5 N–H and O–H groups in total. The summed E-state index contributed by atoms with van der Waals surface area (Å²) in [5.41, 5.74) is 5.32. The van der Waals surface area contributed by atoms with Gasteiger partial charge in [-0.2, -0.15) is 0 Å². The van der Waals surface area contributed by atoms with Crippen molar-refractivity contribution in [2.45, 2.75) is 154 Å². The van der Waals surface area contributed by atoms with Crippen molar-refractivity contribution in [2.75, 3.05) is 19.8 Å². The third-order valence-electron chi connectivity index (χ3n) is 8.39. The van der Waals surface area contributed by atoms with Crippen LogP contribution in [0.2, 0.25) is 0 Å². The average molecular weight is 848 g/mol. The smallest absolute Gasteiger partial charge is 0.472 e. The Hall–Kier alpha value is -3.64. The number of hydrogen-bond donors (Lipinski definition) is 4. The lowest BCUT2D eigenvalue weighted by molar-refractivity contribution is -0.161. The Balaban J connectivity index is 4.61. The van der Waals surface area contributed by atoms with Gasteiger partial charge in [-0.15, -0.1) is 0 Å². The Morgan fingerprint density at radius 3 is 1.73 bits per heavy atom. The molecule has 4 atom stereocenters. The van der Waals surface area contributed by atoms with E-state index >= 15 is 0 Å². The van der Waals surface area contributed by atoms with Gasteiger partial charge in [0, 0.05) is 12.8 Å². The molecule has 0 heterocycles. The standard InChI is InChI=1S/C46H74NO11P/c1-3-5-7-8-9-10-11-12-13-14-15-16-20-23-26-29-32-36-44(49)55-38-42(39-56-59(53,54)57-40-43(47)46(51)52)58-45(50)37-33-30-27-24-21-18-17-19-22-25-28-31-35-41(48)34-6-4-2/h6,12-13,15-18,22-28,31,34,41-43,48H,3-5,7-11,14,19-21,29-30,32-33,35-40,47H2,1-2H3,(H,51,52)(H,53,54)/b13-12-,16-15-,18-17-,25-22-,26-23-,27-24-,31-28+,34-6-/t41?,42-,43+/m1/s1. The molecule has 0 spiro atoms. The summed E-state index contributed by atoms with van der Waals surface area (Å²) in [5.74, 6) is -2.57. The van der Waals surface area contributed by atoms with Gasteiger partial charge in [0.2, 0.25) is 0 Å². The zero-order valence-corrected chi connectivity index (χ0v) is 36.6.